The topological polar surface area (TPSA) is 112 Å². The summed E-state index contributed by atoms with van der Waals surface area (Å²) in [5, 5.41) is 12.4. The van der Waals surface area contributed by atoms with E-state index in [2.05, 4.69) is 36.3 Å². The maximum Gasteiger partial charge on any atom is 0.221 e. The highest BCUT2D eigenvalue weighted by molar-refractivity contribution is 9.10. The Morgan fingerprint density at radius 2 is 2.11 bits per heavy atom. The number of nitrogens with one attached hydrogen (secondary N) is 1. The van der Waals surface area contributed by atoms with Gasteiger partial charge >= 0.3 is 0 Å². The van der Waals surface area contributed by atoms with Crippen LogP contribution in [0.25, 0.3) is 11.5 Å². The van der Waals surface area contributed by atoms with Crippen LogP contribution in [0.3, 0.4) is 0 Å². The molecule has 3 aromatic rings. The minimum Gasteiger partial charge on any atom is -0.491 e. The number of aromatic amines is 1. The van der Waals surface area contributed by atoms with Crippen molar-refractivity contribution in [3.05, 3.63) is 45.1 Å². The first-order chi connectivity index (χ1) is 13.0. The fourth-order valence-electron chi connectivity index (χ4n) is 2.86. The van der Waals surface area contributed by atoms with Crippen molar-refractivity contribution in [2.24, 2.45) is 5.73 Å². The number of hydrogen-bond donors (Lipinski definition) is 2. The van der Waals surface area contributed by atoms with Crippen LogP contribution in [0.15, 0.2) is 22.7 Å². The summed E-state index contributed by atoms with van der Waals surface area (Å²) < 4.78 is 6.24. The number of aromatic nitrogens is 5. The van der Waals surface area contributed by atoms with E-state index in [9.17, 15) is 4.79 Å². The van der Waals surface area contributed by atoms with Crippen molar-refractivity contribution in [2.45, 2.75) is 27.3 Å². The zero-order valence-electron chi connectivity index (χ0n) is 15.8. The molecule has 0 unspecified atom stereocenters. The van der Waals surface area contributed by atoms with Crippen LogP contribution in [-0.2, 0) is 6.54 Å². The SMILES string of the molecule is CCn1nnc(-c2[nH]c(C)c(C(=O)c3ccc(OCCN)c(Br)c3)c2C)n1.Cl. The second-order valence-corrected chi connectivity index (χ2v) is 6.89. The Balaban J connectivity index is 0.00000280. The molecule has 3 N–H and O–H groups in total. The quantitative estimate of drug-likeness (QED) is 0.514. The maximum atomic E-state index is 13.1. The molecule has 28 heavy (non-hydrogen) atoms. The fraction of sp³-hybridized carbons (Fsp3) is 0.333. The number of carbonyl (C=O) groups is 1. The molecule has 0 aliphatic heterocycles. The van der Waals surface area contributed by atoms with E-state index in [0.717, 1.165) is 11.3 Å². The number of benzene rings is 1. The predicted octanol–water partition coefficient (Wildman–Crippen LogP) is 3.06. The molecule has 0 radical (unpaired) electrons. The summed E-state index contributed by atoms with van der Waals surface area (Å²) in [6.45, 7) is 7.15. The van der Waals surface area contributed by atoms with Crippen LogP contribution in [0.5, 0.6) is 5.75 Å². The molecule has 150 valence electrons. The Morgan fingerprint density at radius 1 is 1.36 bits per heavy atom. The first-order valence-corrected chi connectivity index (χ1v) is 9.40. The van der Waals surface area contributed by atoms with Gasteiger partial charge < -0.3 is 15.5 Å². The third-order valence-electron chi connectivity index (χ3n) is 4.19. The summed E-state index contributed by atoms with van der Waals surface area (Å²) in [7, 11) is 0. The van der Waals surface area contributed by atoms with Crippen LogP contribution in [0.2, 0.25) is 0 Å². The van der Waals surface area contributed by atoms with Crippen LogP contribution in [0, 0.1) is 13.8 Å². The van der Waals surface area contributed by atoms with E-state index in [0.29, 0.717) is 52.6 Å². The smallest absolute Gasteiger partial charge is 0.221 e. The Labute approximate surface area is 177 Å². The van der Waals surface area contributed by atoms with Crippen molar-refractivity contribution in [1.29, 1.82) is 0 Å². The van der Waals surface area contributed by atoms with E-state index in [1.54, 1.807) is 18.2 Å². The number of aryl methyl sites for hydroxylation is 2. The highest BCUT2D eigenvalue weighted by Gasteiger charge is 2.23. The number of hydrogen-bond acceptors (Lipinski definition) is 6. The number of ketones is 1. The van der Waals surface area contributed by atoms with Crippen LogP contribution in [0.4, 0.5) is 0 Å². The second kappa shape index (κ2) is 9.31. The first kappa shape index (κ1) is 22.1. The summed E-state index contributed by atoms with van der Waals surface area (Å²) in [5.41, 5.74) is 8.90. The van der Waals surface area contributed by atoms with Crippen LogP contribution in [-0.4, -0.2) is 44.1 Å². The van der Waals surface area contributed by atoms with Gasteiger partial charge in [-0.1, -0.05) is 0 Å². The van der Waals surface area contributed by atoms with Gasteiger partial charge in [-0.25, -0.2) is 0 Å². The van der Waals surface area contributed by atoms with E-state index in [-0.39, 0.29) is 18.2 Å². The number of nitrogens with zero attached hydrogens (tertiary/aromatic N) is 4. The summed E-state index contributed by atoms with van der Waals surface area (Å²) >= 11 is 3.45. The lowest BCUT2D eigenvalue weighted by atomic mass is 9.99. The van der Waals surface area contributed by atoms with Gasteiger partial charge in [-0.15, -0.1) is 22.6 Å². The number of tetrazole rings is 1. The zero-order valence-corrected chi connectivity index (χ0v) is 18.2. The highest BCUT2D eigenvalue weighted by Crippen LogP contribution is 2.30. The Kier molecular flexibility index (Phi) is 7.34. The van der Waals surface area contributed by atoms with Crippen LogP contribution >= 0.6 is 28.3 Å². The number of H-pyrrole nitrogens is 1. The van der Waals surface area contributed by atoms with Gasteiger partial charge in [0.05, 0.1) is 16.7 Å². The fourth-order valence-corrected chi connectivity index (χ4v) is 3.36. The van der Waals surface area contributed by atoms with Crippen molar-refractivity contribution in [3.8, 4) is 17.3 Å². The number of nitrogens with two attached hydrogens (primary N) is 1. The lowest BCUT2D eigenvalue weighted by Crippen LogP contribution is -2.11. The molecule has 2 aromatic heterocycles. The van der Waals surface area contributed by atoms with Crippen molar-refractivity contribution in [3.63, 3.8) is 0 Å². The molecule has 10 heteroatoms. The zero-order chi connectivity index (χ0) is 19.6. The van der Waals surface area contributed by atoms with Gasteiger partial charge in [-0.3, -0.25) is 4.79 Å². The van der Waals surface area contributed by atoms with Gasteiger partial charge in [0, 0.05) is 23.4 Å². The lowest BCUT2D eigenvalue weighted by molar-refractivity contribution is 0.103. The maximum absolute atomic E-state index is 13.1. The second-order valence-electron chi connectivity index (χ2n) is 6.04. The van der Waals surface area contributed by atoms with E-state index >= 15 is 0 Å². The summed E-state index contributed by atoms with van der Waals surface area (Å²) in [6.07, 6.45) is 0. The molecule has 0 amide bonds. The average molecular weight is 470 g/mol. The molecule has 1 aromatic carbocycles. The molecule has 0 aliphatic carbocycles. The van der Waals surface area contributed by atoms with Crippen molar-refractivity contribution < 1.29 is 9.53 Å². The van der Waals surface area contributed by atoms with E-state index < -0.39 is 0 Å². The van der Waals surface area contributed by atoms with Crippen molar-refractivity contribution in [1.82, 2.24) is 25.2 Å². The molecule has 0 fully saturated rings. The minimum atomic E-state index is -0.0820. The van der Waals surface area contributed by atoms with E-state index in [4.69, 9.17) is 10.5 Å². The first-order valence-electron chi connectivity index (χ1n) is 8.60. The van der Waals surface area contributed by atoms with Gasteiger partial charge in [0.2, 0.25) is 5.82 Å². The van der Waals surface area contributed by atoms with Crippen LogP contribution in [0.1, 0.15) is 34.1 Å². The number of carbonyl (C=O) groups excluding carboxylic acids is 1. The standard InChI is InChI=1S/C18H21BrN6O2.ClH/c1-4-25-23-18(22-24-25)16-10(2)15(11(3)21-16)17(26)12-5-6-14(13(19)9-12)27-8-7-20;/h5-6,9,21H,4,7-8,20H2,1-3H3;1H. The third kappa shape index (κ3) is 4.26. The average Bonchev–Trinajstić information content (AvgIpc) is 3.24. The molecule has 0 spiro atoms. The molecule has 8 nitrogen and oxygen atoms in total. The number of halogens is 2. The molecular formula is C18H22BrClN6O2. The summed E-state index contributed by atoms with van der Waals surface area (Å²) in [4.78, 5) is 17.8. The monoisotopic (exact) mass is 468 g/mol. The molecular weight excluding hydrogens is 448 g/mol. The van der Waals surface area contributed by atoms with E-state index in [1.807, 2.05) is 20.8 Å². The van der Waals surface area contributed by atoms with Gasteiger partial charge in [-0.2, -0.15) is 4.80 Å². The molecule has 0 atom stereocenters. The molecule has 0 aliphatic rings. The Hall–Kier alpha value is -2.23. The molecule has 0 saturated carbocycles. The molecule has 3 rings (SSSR count). The third-order valence-corrected chi connectivity index (χ3v) is 4.81. The Bertz CT molecular complexity index is 985. The van der Waals surface area contributed by atoms with E-state index in [1.165, 1.54) is 4.80 Å². The molecule has 0 bridgehead atoms. The van der Waals surface area contributed by atoms with Gasteiger partial charge in [-0.05, 0) is 65.7 Å². The van der Waals surface area contributed by atoms with Gasteiger partial charge in [0.15, 0.2) is 5.78 Å². The number of rotatable bonds is 7. The van der Waals surface area contributed by atoms with Gasteiger partial charge in [0.25, 0.3) is 0 Å². The van der Waals surface area contributed by atoms with Crippen LogP contribution < -0.4 is 10.5 Å². The normalized spacial score (nSPS) is 10.6. The summed E-state index contributed by atoms with van der Waals surface area (Å²) in [5.74, 6) is 1.05. The summed E-state index contributed by atoms with van der Waals surface area (Å²) in [6, 6.07) is 5.26. The van der Waals surface area contributed by atoms with Crippen molar-refractivity contribution in [2.75, 3.05) is 13.2 Å². The molecule has 2 heterocycles. The largest absolute Gasteiger partial charge is 0.491 e. The Morgan fingerprint density at radius 3 is 2.71 bits per heavy atom. The minimum absolute atomic E-state index is 0. The number of ether oxygens (including phenoxy) is 1. The highest BCUT2D eigenvalue weighted by atomic mass is 79.9. The lowest BCUT2D eigenvalue weighted by Gasteiger charge is -2.09. The molecule has 0 saturated heterocycles. The van der Waals surface area contributed by atoms with Gasteiger partial charge in [0.1, 0.15) is 12.4 Å². The van der Waals surface area contributed by atoms with Crippen molar-refractivity contribution >= 4 is 34.1 Å². The predicted molar refractivity (Wildman–Crippen MR) is 112 cm³/mol.